The summed E-state index contributed by atoms with van der Waals surface area (Å²) in [6.07, 6.45) is -3.36. The van der Waals surface area contributed by atoms with Crippen LogP contribution in [0.1, 0.15) is 38.3 Å². The Morgan fingerprint density at radius 3 is 2.32 bits per heavy atom. The number of carbonyl (C=O) groups is 1. The summed E-state index contributed by atoms with van der Waals surface area (Å²) >= 11 is 0. The van der Waals surface area contributed by atoms with E-state index in [9.17, 15) is 33.3 Å². The van der Waals surface area contributed by atoms with E-state index < -0.39 is 17.7 Å². The van der Waals surface area contributed by atoms with E-state index in [0.29, 0.717) is 27.9 Å². The lowest BCUT2D eigenvalue weighted by atomic mass is 10.0. The van der Waals surface area contributed by atoms with Gasteiger partial charge in [0.15, 0.2) is 11.6 Å². The molecule has 2 aromatic heterocycles. The second kappa shape index (κ2) is 10.1. The van der Waals surface area contributed by atoms with Crippen LogP contribution in [0.3, 0.4) is 0 Å². The van der Waals surface area contributed by atoms with Gasteiger partial charge in [-0.25, -0.2) is 14.8 Å². The van der Waals surface area contributed by atoms with Gasteiger partial charge >= 0.3 is 12.1 Å². The number of hydrogen-bond donors (Lipinski definition) is 3. The fourth-order valence-corrected chi connectivity index (χ4v) is 4.85. The van der Waals surface area contributed by atoms with Gasteiger partial charge in [0.25, 0.3) is 0 Å². The molecular formula is C31H24F3N3O4. The summed E-state index contributed by atoms with van der Waals surface area (Å²) in [6, 6.07) is 16.2. The number of aromatic nitrogens is 2. The fraction of sp³-hybridized carbons (Fsp3) is 0.129. The Morgan fingerprint density at radius 2 is 1.66 bits per heavy atom. The average molecular weight is 560 g/mol. The van der Waals surface area contributed by atoms with Crippen molar-refractivity contribution in [1.82, 2.24) is 9.55 Å². The number of alkyl halides is 3. The van der Waals surface area contributed by atoms with Crippen molar-refractivity contribution in [2.24, 2.45) is 4.99 Å². The van der Waals surface area contributed by atoms with Crippen LogP contribution in [0.5, 0.6) is 11.6 Å². The van der Waals surface area contributed by atoms with Crippen LogP contribution in [0.15, 0.2) is 71.7 Å². The normalized spacial score (nSPS) is 12.0. The molecule has 0 radical (unpaired) electrons. The number of halogens is 3. The van der Waals surface area contributed by atoms with Crippen molar-refractivity contribution >= 4 is 28.9 Å². The number of aliphatic imine (C=N–C) groups is 1. The molecule has 0 aliphatic carbocycles. The number of aryl methyl sites for hydroxylation is 3. The lowest BCUT2D eigenvalue weighted by Gasteiger charge is -2.11. The molecule has 7 nitrogen and oxygen atoms in total. The predicted molar refractivity (Wildman–Crippen MR) is 150 cm³/mol. The highest BCUT2D eigenvalue weighted by atomic mass is 19.4. The van der Waals surface area contributed by atoms with E-state index in [1.165, 1.54) is 29.0 Å². The number of carboxylic acids is 1. The van der Waals surface area contributed by atoms with Crippen LogP contribution >= 0.6 is 0 Å². The van der Waals surface area contributed by atoms with Gasteiger partial charge in [-0.1, -0.05) is 24.3 Å². The van der Waals surface area contributed by atoms with Gasteiger partial charge in [0, 0.05) is 28.5 Å². The minimum absolute atomic E-state index is 0.0313. The zero-order valence-corrected chi connectivity index (χ0v) is 22.2. The van der Waals surface area contributed by atoms with Gasteiger partial charge in [-0.15, -0.1) is 0 Å². The SMILES string of the molecule is Cc1cc(C)cc(-n2c(O)c(C=Nc3nc(C)cc(-c4cccc(C(=O)O)c4)c3O)c3ccc(C(F)(F)F)cc32)c1. The summed E-state index contributed by atoms with van der Waals surface area (Å²) in [4.78, 5) is 20.0. The second-order valence-electron chi connectivity index (χ2n) is 9.78. The van der Waals surface area contributed by atoms with Gasteiger partial charge in [-0.3, -0.25) is 4.57 Å². The van der Waals surface area contributed by atoms with Crippen molar-refractivity contribution in [3.05, 3.63) is 100 Å². The third-order valence-corrected chi connectivity index (χ3v) is 6.61. The third-order valence-electron chi connectivity index (χ3n) is 6.61. The molecule has 0 fully saturated rings. The van der Waals surface area contributed by atoms with Crippen LogP contribution in [0.4, 0.5) is 19.0 Å². The Balaban J connectivity index is 1.69. The van der Waals surface area contributed by atoms with E-state index >= 15 is 0 Å². The number of carboxylic acid groups (broad SMARTS) is 1. The number of pyridine rings is 1. The van der Waals surface area contributed by atoms with Gasteiger partial charge in [-0.2, -0.15) is 13.2 Å². The number of benzene rings is 3. The molecule has 0 unspecified atom stereocenters. The third kappa shape index (κ3) is 5.23. The smallest absolute Gasteiger partial charge is 0.416 e. The summed E-state index contributed by atoms with van der Waals surface area (Å²) in [5, 5.41) is 32.0. The number of hydrogen-bond acceptors (Lipinski definition) is 5. The van der Waals surface area contributed by atoms with Crippen LogP contribution in [-0.2, 0) is 6.18 Å². The highest BCUT2D eigenvalue weighted by molar-refractivity contribution is 6.04. The van der Waals surface area contributed by atoms with Gasteiger partial charge in [0.05, 0.1) is 22.2 Å². The molecular weight excluding hydrogens is 535 g/mol. The molecule has 41 heavy (non-hydrogen) atoms. The molecule has 0 spiro atoms. The minimum atomic E-state index is -4.60. The Labute approximate surface area is 232 Å². The zero-order chi connectivity index (χ0) is 29.6. The maximum atomic E-state index is 13.6. The summed E-state index contributed by atoms with van der Waals surface area (Å²) in [7, 11) is 0. The number of aromatic hydroxyl groups is 2. The number of aromatic carboxylic acids is 1. The highest BCUT2D eigenvalue weighted by Crippen LogP contribution is 2.40. The lowest BCUT2D eigenvalue weighted by Crippen LogP contribution is -2.05. The molecule has 0 bridgehead atoms. The zero-order valence-electron chi connectivity index (χ0n) is 22.2. The Hall–Kier alpha value is -5.12. The fourth-order valence-electron chi connectivity index (χ4n) is 4.85. The number of rotatable bonds is 5. The molecule has 5 aromatic rings. The Morgan fingerprint density at radius 1 is 0.951 bits per heavy atom. The monoisotopic (exact) mass is 559 g/mol. The molecule has 3 N–H and O–H groups in total. The summed E-state index contributed by atoms with van der Waals surface area (Å²) < 4.78 is 42.2. The predicted octanol–water partition coefficient (Wildman–Crippen LogP) is 7.50. The molecule has 2 heterocycles. The molecule has 0 saturated carbocycles. The average Bonchev–Trinajstić information content (AvgIpc) is 3.18. The van der Waals surface area contributed by atoms with Crippen molar-refractivity contribution in [2.45, 2.75) is 26.9 Å². The lowest BCUT2D eigenvalue weighted by molar-refractivity contribution is -0.137. The molecule has 0 amide bonds. The van der Waals surface area contributed by atoms with E-state index in [1.54, 1.807) is 37.3 Å². The van der Waals surface area contributed by atoms with E-state index in [1.807, 2.05) is 19.9 Å². The molecule has 0 aliphatic heterocycles. The first-order valence-corrected chi connectivity index (χ1v) is 12.4. The van der Waals surface area contributed by atoms with E-state index in [2.05, 4.69) is 9.98 Å². The van der Waals surface area contributed by atoms with Crippen LogP contribution in [0.25, 0.3) is 27.7 Å². The summed E-state index contributed by atoms with van der Waals surface area (Å²) in [5.74, 6) is -1.90. The van der Waals surface area contributed by atoms with Crippen LogP contribution < -0.4 is 0 Å². The van der Waals surface area contributed by atoms with Crippen LogP contribution in [-0.4, -0.2) is 37.1 Å². The standard InChI is InChI=1S/C31H24F3N3O4/c1-16-9-17(2)11-22(10-16)37-26-14-21(31(32,33)34)7-8-23(26)25(29(37)39)15-35-28-27(38)24(12-18(3)36-28)19-5-4-6-20(13-19)30(40)41/h4-15,38-39H,1-3H3,(H,40,41). The number of nitrogens with zero attached hydrogens (tertiary/aromatic N) is 3. The van der Waals surface area contributed by atoms with Gasteiger partial charge in [-0.05, 0) is 79.9 Å². The molecule has 0 atom stereocenters. The quantitative estimate of drug-likeness (QED) is 0.193. The van der Waals surface area contributed by atoms with E-state index in [-0.39, 0.29) is 34.1 Å². The largest absolute Gasteiger partial charge is 0.504 e. The van der Waals surface area contributed by atoms with E-state index in [4.69, 9.17) is 0 Å². The molecule has 208 valence electrons. The summed E-state index contributed by atoms with van der Waals surface area (Å²) in [6.45, 7) is 5.36. The first kappa shape index (κ1) is 27.4. The Bertz CT molecular complexity index is 1850. The first-order valence-electron chi connectivity index (χ1n) is 12.4. The topological polar surface area (TPSA) is 108 Å². The minimum Gasteiger partial charge on any atom is -0.504 e. The summed E-state index contributed by atoms with van der Waals surface area (Å²) in [5.41, 5.74) is 2.80. The highest BCUT2D eigenvalue weighted by Gasteiger charge is 2.32. The van der Waals surface area contributed by atoms with Crippen molar-refractivity contribution < 1.29 is 33.3 Å². The Kier molecular flexibility index (Phi) is 6.78. The molecule has 3 aromatic carbocycles. The van der Waals surface area contributed by atoms with Crippen molar-refractivity contribution in [3.63, 3.8) is 0 Å². The second-order valence-corrected chi connectivity index (χ2v) is 9.78. The molecule has 10 heteroatoms. The molecule has 0 saturated heterocycles. The van der Waals surface area contributed by atoms with Gasteiger partial charge in [0.2, 0.25) is 5.88 Å². The molecule has 0 aliphatic rings. The maximum Gasteiger partial charge on any atom is 0.416 e. The van der Waals surface area contributed by atoms with E-state index in [0.717, 1.165) is 23.3 Å². The van der Waals surface area contributed by atoms with Crippen LogP contribution in [0, 0.1) is 20.8 Å². The first-order chi connectivity index (χ1) is 19.3. The molecule has 5 rings (SSSR count). The van der Waals surface area contributed by atoms with Crippen molar-refractivity contribution in [1.29, 1.82) is 0 Å². The number of fused-ring (bicyclic) bond motifs is 1. The van der Waals surface area contributed by atoms with Gasteiger partial charge in [0.1, 0.15) is 0 Å². The van der Waals surface area contributed by atoms with Crippen molar-refractivity contribution in [3.8, 4) is 28.4 Å². The van der Waals surface area contributed by atoms with Gasteiger partial charge < -0.3 is 15.3 Å². The van der Waals surface area contributed by atoms with Crippen LogP contribution in [0.2, 0.25) is 0 Å². The van der Waals surface area contributed by atoms with Crippen molar-refractivity contribution in [2.75, 3.05) is 0 Å². The maximum absolute atomic E-state index is 13.6.